The minimum atomic E-state index is -1.14. The van der Waals surface area contributed by atoms with Crippen molar-refractivity contribution in [2.75, 3.05) is 12.3 Å². The fourth-order valence-electron chi connectivity index (χ4n) is 11.9. The van der Waals surface area contributed by atoms with Crippen molar-refractivity contribution in [3.05, 3.63) is 368 Å². The van der Waals surface area contributed by atoms with Crippen LogP contribution < -0.4 is 22.2 Å². The molecule has 0 amide bonds. The molecule has 1 aliphatic rings. The molecule has 15 aromatic rings. The van der Waals surface area contributed by atoms with Gasteiger partial charge in [-0.15, -0.1) is 15.3 Å². The number of aliphatic imine (C=N–C) groups is 1. The molecule has 0 atom stereocenters. The van der Waals surface area contributed by atoms with Gasteiger partial charge in [0.15, 0.2) is 21.2 Å². The number of carbonyl (C=O) groups excluding carboxylic acids is 1. The summed E-state index contributed by atoms with van der Waals surface area (Å²) in [5, 5.41) is 47.7. The van der Waals surface area contributed by atoms with Gasteiger partial charge in [0, 0.05) is 41.0 Å². The highest BCUT2D eigenvalue weighted by Gasteiger charge is 2.21. The summed E-state index contributed by atoms with van der Waals surface area (Å²) in [5.74, 6) is 0.295. The minimum absolute atomic E-state index is 0.0305. The summed E-state index contributed by atoms with van der Waals surface area (Å²) in [4.78, 5) is 73.7. The molecule has 25 nitrogen and oxygen atoms in total. The van der Waals surface area contributed by atoms with Crippen molar-refractivity contribution in [3.63, 3.8) is 0 Å². The lowest BCUT2D eigenvalue weighted by molar-refractivity contribution is -0.142. The highest BCUT2D eigenvalue weighted by molar-refractivity contribution is 8.13. The number of nitrogens with zero attached hydrogens (tertiary/aromatic N) is 15. The van der Waals surface area contributed by atoms with E-state index < -0.39 is 17.1 Å². The second-order valence-electron chi connectivity index (χ2n) is 25.7. The molecule has 5 aromatic heterocycles. The van der Waals surface area contributed by atoms with E-state index >= 15 is 0 Å². The summed E-state index contributed by atoms with van der Waals surface area (Å²) >= 11 is 4.34. The third-order valence-electron chi connectivity index (χ3n) is 17.9. The van der Waals surface area contributed by atoms with E-state index in [0.29, 0.717) is 68.0 Å². The van der Waals surface area contributed by atoms with Crippen LogP contribution in [0.15, 0.2) is 310 Å². The van der Waals surface area contributed by atoms with Gasteiger partial charge in [-0.05, 0) is 110 Å². The molecule has 0 bridgehead atoms. The van der Waals surface area contributed by atoms with E-state index in [1.165, 1.54) is 46.9 Å². The van der Waals surface area contributed by atoms with Crippen LogP contribution in [0.25, 0.3) is 99.6 Å². The summed E-state index contributed by atoms with van der Waals surface area (Å²) < 4.78 is 9.70. The van der Waals surface area contributed by atoms with Gasteiger partial charge in [-0.1, -0.05) is 263 Å². The monoisotopic (exact) mass is 1580 g/mol. The minimum Gasteiger partial charge on any atom is -0.476 e. The van der Waals surface area contributed by atoms with Gasteiger partial charge in [0.1, 0.15) is 29.6 Å². The van der Waals surface area contributed by atoms with Gasteiger partial charge in [-0.2, -0.15) is 5.26 Å². The third kappa shape index (κ3) is 19.4. The fraction of sp³-hybridized carbons (Fsp3) is 0.0682. The maximum atomic E-state index is 12.7. The zero-order valence-corrected chi connectivity index (χ0v) is 64.0. The molecule has 0 spiro atoms. The molecule has 0 saturated heterocycles. The quantitative estimate of drug-likeness (QED) is 0.0147. The summed E-state index contributed by atoms with van der Waals surface area (Å²) in [6.07, 6.45) is 4.95. The predicted octanol–water partition coefficient (Wildman–Crippen LogP) is 16.8. The molecule has 0 unspecified atom stereocenters. The maximum absolute atomic E-state index is 12.7. The van der Waals surface area contributed by atoms with E-state index in [1.54, 1.807) is 39.5 Å². The van der Waals surface area contributed by atoms with Gasteiger partial charge in [0.25, 0.3) is 16.8 Å². The molecule has 116 heavy (non-hydrogen) atoms. The number of benzene rings is 10. The van der Waals surface area contributed by atoms with Gasteiger partial charge in [0.2, 0.25) is 5.70 Å². The summed E-state index contributed by atoms with van der Waals surface area (Å²) in [6, 6.07) is 86.6. The maximum Gasteiger partial charge on any atom is 0.358 e. The van der Waals surface area contributed by atoms with Crippen molar-refractivity contribution in [3.8, 4) is 90.3 Å². The molecule has 1 aliphatic heterocycles. The number of esters is 1. The summed E-state index contributed by atoms with van der Waals surface area (Å²) in [5.41, 5.74) is 24.2. The summed E-state index contributed by atoms with van der Waals surface area (Å²) in [7, 11) is 0. The van der Waals surface area contributed by atoms with Gasteiger partial charge in [-0.3, -0.25) is 19.4 Å². The van der Waals surface area contributed by atoms with Crippen LogP contribution in [-0.2, 0) is 33.4 Å². The number of nitrogens with two attached hydrogens (primary N) is 1. The second-order valence-corrected chi connectivity index (χ2v) is 28.6. The molecule has 6 N–H and O–H groups in total. The van der Waals surface area contributed by atoms with Crippen molar-refractivity contribution < 1.29 is 19.4 Å². The lowest BCUT2D eigenvalue weighted by Crippen LogP contribution is -2.25. The zero-order valence-electron chi connectivity index (χ0n) is 61.6. The molecule has 0 saturated carbocycles. The molecule has 0 fully saturated rings. The number of nitrogens with one attached hydrogen (secondary N) is 3. The molecule has 0 radical (unpaired) electrons. The number of nitriles is 1. The van der Waals surface area contributed by atoms with Gasteiger partial charge < -0.3 is 30.9 Å². The first kappa shape index (κ1) is 77.6. The number of aromatic amines is 2. The Morgan fingerprint density at radius 1 is 0.509 bits per heavy atom. The van der Waals surface area contributed by atoms with Gasteiger partial charge in [0.05, 0.1) is 72.4 Å². The van der Waals surface area contributed by atoms with Crippen LogP contribution in [0.4, 0.5) is 11.4 Å². The van der Waals surface area contributed by atoms with Crippen LogP contribution in [0, 0.1) is 24.5 Å². The Labute approximate surface area is 676 Å². The Balaban J connectivity index is 0.000000144. The first-order valence-corrected chi connectivity index (χ1v) is 38.7. The molecule has 566 valence electrons. The number of thioether (sulfide) groups is 3. The molecule has 28 heteroatoms. The van der Waals surface area contributed by atoms with E-state index in [0.717, 1.165) is 95.0 Å². The number of aromatic carboxylic acids is 1. The van der Waals surface area contributed by atoms with Crippen LogP contribution in [0.5, 0.6) is 0 Å². The number of aromatic nitrogens is 13. The number of rotatable bonds is 21. The molecule has 16 rings (SSSR count). The largest absolute Gasteiger partial charge is 0.476 e. The van der Waals surface area contributed by atoms with Crippen molar-refractivity contribution in [2.45, 2.75) is 41.1 Å². The highest BCUT2D eigenvalue weighted by atomic mass is 32.2. The predicted molar refractivity (Wildman–Crippen MR) is 450 cm³/mol. The van der Waals surface area contributed by atoms with E-state index in [4.69, 9.17) is 28.7 Å². The standard InChI is InChI=1S/C32H25N7S.C29H22N6O3S.C27H18N6O3S/c1-34-29-19-35-32(36-31(29)26-11-9-24(10-12-26)23-5-3-2-4-6-23)40-21-22-7-17-28(18-8-22)39-20-30(37-38-39)25-13-15-27(33)16-14-25;1-19(36)38-17-24-16-35(34-33-24)25-14-8-20(9-15-25)18-39-29-31-26(27(30-2)28(37)32-29)23-12-10-22(11-13-23)21-6-4-3-5-7-21;28-14-22-24(20-10-8-19(9-11-20)18-4-2-1-3-5-18)29-27(30-25(22)34)37-16-17-6-12-21(13-7-17)33-15-23(26(35)36)31-32-33/h2-18,20H,19,21,33H2,(H,35,36);3-16H,17-18H2,1H3,(H,31,32,37);1-13,15H,16H2,(H,35,36)(H,29,30,34). The topological polar surface area (TPSA) is 330 Å². The number of hydrogen-bond acceptors (Lipinski definition) is 20. The Kier molecular flexibility index (Phi) is 24.6. The molecular formula is C88H65N19O6S3. The Morgan fingerprint density at radius 2 is 0.940 bits per heavy atom. The second kappa shape index (κ2) is 36.8. The Morgan fingerprint density at radius 3 is 1.42 bits per heavy atom. The first-order chi connectivity index (χ1) is 56.7. The normalized spacial score (nSPS) is 11.4. The number of carboxylic acid groups (broad SMARTS) is 1. The van der Waals surface area contributed by atoms with E-state index in [2.05, 4.69) is 119 Å². The van der Waals surface area contributed by atoms with Crippen LogP contribution in [0.3, 0.4) is 0 Å². The number of carbonyl (C=O) groups is 2. The number of hydrogen-bond donors (Lipinski definition) is 5. The fourth-order valence-corrected chi connectivity index (χ4v) is 14.4. The van der Waals surface area contributed by atoms with Crippen LogP contribution in [0.2, 0.25) is 0 Å². The number of carboxylic acids is 1. The van der Waals surface area contributed by atoms with Crippen LogP contribution >= 0.6 is 35.3 Å². The van der Waals surface area contributed by atoms with Crippen LogP contribution in [0.1, 0.15) is 50.9 Å². The molecular weight excluding hydrogens is 1520 g/mol. The Bertz CT molecular complexity index is 6340. The molecule has 10 aromatic carbocycles. The SMILES string of the molecule is N#Cc1c(-c2ccc(-c3ccccc3)cc2)nc(SCc2ccc(-n3cc(C(=O)O)nn3)cc2)[nH]c1=O.[C-]#[N+]C1=C(c2ccc(-c3ccccc3)cc2)NC(SCc2ccc(-n3cc(-c4ccc(N)cc4)nn3)cc2)=NC1.[C-]#[N+]c1c(-c2ccc(-c3ccccc3)cc2)nc(SCc2ccc(-n3cc(COC(C)=O)nn3)cc2)[nH]c1=O. The number of H-pyrrole nitrogens is 2. The number of anilines is 1. The number of amidine groups is 1. The zero-order chi connectivity index (χ0) is 80.3. The number of nitrogen functional groups attached to an aromatic ring is 1. The smallest absolute Gasteiger partial charge is 0.358 e. The molecule has 0 aliphatic carbocycles. The average Bonchev–Trinajstić information content (AvgIpc) is 1.14. The van der Waals surface area contributed by atoms with Crippen molar-refractivity contribution >= 4 is 69.5 Å². The average molecular weight is 1580 g/mol. The van der Waals surface area contributed by atoms with Gasteiger partial charge in [-0.25, -0.2) is 38.5 Å². The lowest BCUT2D eigenvalue weighted by Gasteiger charge is -2.19. The third-order valence-corrected chi connectivity index (χ3v) is 20.8. The van der Waals surface area contributed by atoms with E-state index in [1.807, 2.05) is 212 Å². The van der Waals surface area contributed by atoms with Crippen LogP contribution in [-0.4, -0.2) is 93.7 Å². The van der Waals surface area contributed by atoms with Gasteiger partial charge >= 0.3 is 11.9 Å². The van der Waals surface area contributed by atoms with Crippen molar-refractivity contribution in [1.82, 2.24) is 70.2 Å². The highest BCUT2D eigenvalue weighted by Crippen LogP contribution is 2.34. The molecule has 6 heterocycles. The van der Waals surface area contributed by atoms with Crippen molar-refractivity contribution in [1.29, 1.82) is 5.26 Å². The van der Waals surface area contributed by atoms with E-state index in [9.17, 15) is 24.4 Å². The summed E-state index contributed by atoms with van der Waals surface area (Å²) in [6.45, 7) is 16.9. The first-order valence-electron chi connectivity index (χ1n) is 35.8. The lowest BCUT2D eigenvalue weighted by atomic mass is 10.0. The number of ether oxygens (including phenoxy) is 1. The Hall–Kier alpha value is -15.2. The van der Waals surface area contributed by atoms with E-state index in [-0.39, 0.29) is 29.5 Å². The van der Waals surface area contributed by atoms with Crippen molar-refractivity contribution in [2.24, 2.45) is 4.99 Å².